The highest BCUT2D eigenvalue weighted by Gasteiger charge is 2.57. The number of primary amides is 1. The van der Waals surface area contributed by atoms with E-state index in [-0.39, 0.29) is 36.5 Å². The summed E-state index contributed by atoms with van der Waals surface area (Å²) in [6.07, 6.45) is 4.81. The summed E-state index contributed by atoms with van der Waals surface area (Å²) in [5.74, 6) is -2.11. The molecule has 13 heteroatoms. The van der Waals surface area contributed by atoms with Crippen LogP contribution in [0.25, 0.3) is 10.4 Å². The second-order valence-corrected chi connectivity index (χ2v) is 9.86. The van der Waals surface area contributed by atoms with Crippen molar-refractivity contribution < 1.29 is 33.7 Å². The minimum Gasteiger partial charge on any atom is -0.456 e. The Morgan fingerprint density at radius 3 is 2.69 bits per heavy atom. The number of thiazole rings is 1. The molecule has 12 nitrogen and oxygen atoms in total. The van der Waals surface area contributed by atoms with Gasteiger partial charge in [-0.3, -0.25) is 19.7 Å². The van der Waals surface area contributed by atoms with E-state index in [4.69, 9.17) is 10.5 Å². The molecule has 2 amide bonds. The Morgan fingerprint density at radius 2 is 2.08 bits per heavy atom. The molecule has 0 unspecified atom stereocenters. The normalized spacial score (nSPS) is 19.8. The van der Waals surface area contributed by atoms with Gasteiger partial charge in [0.1, 0.15) is 24.7 Å². The number of hydrogen-bond acceptors (Lipinski definition) is 8. The average Bonchev–Trinajstić information content (AvgIpc) is 3.46. The Kier molecular flexibility index (Phi) is 5.80. The lowest BCUT2D eigenvalue weighted by Gasteiger charge is -2.44. The maximum Gasteiger partial charge on any atom is 0.355 e. The van der Waals surface area contributed by atoms with Crippen LogP contribution < -0.4 is 10.3 Å². The van der Waals surface area contributed by atoms with Crippen molar-refractivity contribution in [2.24, 2.45) is 11.7 Å². The highest BCUT2D eigenvalue weighted by molar-refractivity contribution is 7.18. The molecule has 0 spiro atoms. The zero-order valence-corrected chi connectivity index (χ0v) is 19.9. The maximum atomic E-state index is 13.2. The van der Waals surface area contributed by atoms with Crippen LogP contribution in [-0.2, 0) is 32.3 Å². The molecular formula is C23H22N5O7S+. The number of nitro benzene ring substituents is 1. The van der Waals surface area contributed by atoms with Crippen LogP contribution in [-0.4, -0.2) is 49.3 Å². The predicted octanol–water partition coefficient (Wildman–Crippen LogP) is 0.748. The lowest BCUT2D eigenvalue weighted by atomic mass is 9.83. The number of amides is 2. The van der Waals surface area contributed by atoms with Gasteiger partial charge in [0.25, 0.3) is 11.6 Å². The van der Waals surface area contributed by atoms with Crippen LogP contribution in [0.5, 0.6) is 0 Å². The van der Waals surface area contributed by atoms with Gasteiger partial charge in [-0.05, 0) is 31.0 Å². The number of fused-ring (bicyclic) bond motifs is 2. The number of imidazole rings is 1. The number of nitrogens with zero attached hydrogens (tertiary/aromatic N) is 4. The van der Waals surface area contributed by atoms with Crippen LogP contribution in [0.15, 0.2) is 48.7 Å². The number of aliphatic hydroxyl groups excluding tert-OH is 1. The second kappa shape index (κ2) is 8.84. The van der Waals surface area contributed by atoms with Gasteiger partial charge in [-0.2, -0.15) is 4.40 Å². The minimum absolute atomic E-state index is 0.0348. The molecule has 5 rings (SSSR count). The van der Waals surface area contributed by atoms with E-state index in [1.165, 1.54) is 40.5 Å². The van der Waals surface area contributed by atoms with Gasteiger partial charge in [0.05, 0.1) is 27.9 Å². The summed E-state index contributed by atoms with van der Waals surface area (Å²) >= 11 is 1.39. The summed E-state index contributed by atoms with van der Waals surface area (Å²) < 4.78 is 8.96. The number of rotatable bonds is 8. The van der Waals surface area contributed by atoms with E-state index in [0.29, 0.717) is 17.6 Å². The summed E-state index contributed by atoms with van der Waals surface area (Å²) in [7, 11) is 0. The molecule has 3 aromatic rings. The molecular weight excluding hydrogens is 490 g/mol. The van der Waals surface area contributed by atoms with Crippen LogP contribution in [0.4, 0.5) is 5.69 Å². The van der Waals surface area contributed by atoms with E-state index in [9.17, 15) is 29.6 Å². The standard InChI is InChI=1S/C23H21N5O7S/c1-12(29)20-16-6-15(17-7-26-11-25(8-18(24)30)9-19(26)36-17)21(27(16)22(20)31)23(32)35-10-13-2-4-14(5-3-13)28(33)34/h2-5,7,9,11-12,16,20,29H,6,8,10H2,1H3,(H-,24,30)/p+1/t12-,16-,20-/m1/s1. The van der Waals surface area contributed by atoms with E-state index in [1.807, 2.05) is 6.20 Å². The van der Waals surface area contributed by atoms with Gasteiger partial charge in [-0.1, -0.05) is 11.3 Å². The van der Waals surface area contributed by atoms with Crippen LogP contribution in [0.3, 0.4) is 0 Å². The van der Waals surface area contributed by atoms with Crippen LogP contribution >= 0.6 is 11.3 Å². The number of nitro groups is 1. The van der Waals surface area contributed by atoms with E-state index in [1.54, 1.807) is 28.4 Å². The van der Waals surface area contributed by atoms with Crippen LogP contribution in [0.1, 0.15) is 23.8 Å². The largest absolute Gasteiger partial charge is 0.456 e. The van der Waals surface area contributed by atoms with Crippen molar-refractivity contribution in [1.29, 1.82) is 0 Å². The fraction of sp³-hybridized carbons (Fsp3) is 0.304. The average molecular weight is 513 g/mol. The molecule has 1 fully saturated rings. The number of carbonyl (C=O) groups is 3. The fourth-order valence-electron chi connectivity index (χ4n) is 4.72. The van der Waals surface area contributed by atoms with Gasteiger partial charge in [-0.15, -0.1) is 0 Å². The van der Waals surface area contributed by atoms with Crippen molar-refractivity contribution in [2.45, 2.75) is 38.6 Å². The van der Waals surface area contributed by atoms with Crippen molar-refractivity contribution in [2.75, 3.05) is 0 Å². The summed E-state index contributed by atoms with van der Waals surface area (Å²) in [6, 6.07) is 5.30. The Morgan fingerprint density at radius 1 is 1.36 bits per heavy atom. The van der Waals surface area contributed by atoms with E-state index in [2.05, 4.69) is 0 Å². The van der Waals surface area contributed by atoms with E-state index < -0.39 is 28.8 Å². The predicted molar refractivity (Wildman–Crippen MR) is 125 cm³/mol. The smallest absolute Gasteiger partial charge is 0.355 e. The molecule has 1 aromatic carbocycles. The molecule has 0 saturated carbocycles. The number of benzene rings is 1. The van der Waals surface area contributed by atoms with Gasteiger partial charge >= 0.3 is 5.97 Å². The molecule has 186 valence electrons. The molecule has 1 saturated heterocycles. The molecule has 3 atom stereocenters. The number of β-lactam (4-membered cyclic amide) rings is 1. The molecule has 0 aliphatic carbocycles. The van der Waals surface area contributed by atoms with Crippen LogP contribution in [0.2, 0.25) is 0 Å². The number of nitrogens with two attached hydrogens (primary N) is 1. The van der Waals surface area contributed by atoms with Crippen LogP contribution in [0, 0.1) is 16.0 Å². The molecule has 4 heterocycles. The van der Waals surface area contributed by atoms with Gasteiger partial charge in [0.15, 0.2) is 6.54 Å². The Balaban J connectivity index is 1.43. The quantitative estimate of drug-likeness (QED) is 0.148. The van der Waals surface area contributed by atoms with E-state index in [0.717, 1.165) is 9.71 Å². The first-order valence-corrected chi connectivity index (χ1v) is 11.9. The number of esters is 1. The van der Waals surface area contributed by atoms with Gasteiger partial charge in [0, 0.05) is 17.7 Å². The molecule has 0 bridgehead atoms. The number of non-ortho nitro benzene ring substituents is 1. The van der Waals surface area contributed by atoms with Gasteiger partial charge in [0.2, 0.25) is 17.1 Å². The summed E-state index contributed by atoms with van der Waals surface area (Å²) in [6.45, 7) is 1.46. The Bertz CT molecular complexity index is 1410. The Hall–Kier alpha value is -4.10. The first kappa shape index (κ1) is 23.6. The zero-order chi connectivity index (χ0) is 25.7. The number of aliphatic hydroxyl groups is 1. The highest BCUT2D eigenvalue weighted by atomic mass is 32.1. The summed E-state index contributed by atoms with van der Waals surface area (Å²) in [5.41, 5.74) is 6.53. The SMILES string of the molecule is C[C@@H](O)[C@H]1C(=O)N2C(C(=O)OCc3ccc([N+](=O)[O-])cc3)=C(c3cn4c[n+](CC(N)=O)cc4s3)C[C@H]12. The van der Waals surface area contributed by atoms with Crippen molar-refractivity contribution >= 4 is 45.2 Å². The lowest BCUT2D eigenvalue weighted by molar-refractivity contribution is -0.682. The zero-order valence-electron chi connectivity index (χ0n) is 19.1. The summed E-state index contributed by atoms with van der Waals surface area (Å²) in [4.78, 5) is 50.6. The highest BCUT2D eigenvalue weighted by Crippen LogP contribution is 2.48. The van der Waals surface area contributed by atoms with Crippen molar-refractivity contribution in [3.8, 4) is 0 Å². The van der Waals surface area contributed by atoms with Gasteiger partial charge in [-0.25, -0.2) is 9.36 Å². The van der Waals surface area contributed by atoms with Crippen molar-refractivity contribution in [1.82, 2.24) is 9.30 Å². The second-order valence-electron chi connectivity index (χ2n) is 8.80. The number of hydrogen-bond donors (Lipinski definition) is 2. The van der Waals surface area contributed by atoms with Gasteiger partial charge < -0.3 is 20.5 Å². The molecule has 0 radical (unpaired) electrons. The third-order valence-electron chi connectivity index (χ3n) is 6.35. The molecule has 2 aromatic heterocycles. The fourth-order valence-corrected chi connectivity index (χ4v) is 5.80. The molecule has 36 heavy (non-hydrogen) atoms. The first-order chi connectivity index (χ1) is 17.1. The number of aromatic nitrogens is 2. The topological polar surface area (TPSA) is 161 Å². The molecule has 3 N–H and O–H groups in total. The minimum atomic E-state index is -0.859. The Labute approximate surface area is 207 Å². The lowest BCUT2D eigenvalue weighted by Crippen LogP contribution is -2.61. The molecule has 2 aliphatic rings. The number of carbonyl (C=O) groups excluding carboxylic acids is 3. The first-order valence-electron chi connectivity index (χ1n) is 11.1. The third kappa shape index (κ3) is 4.01. The summed E-state index contributed by atoms with van der Waals surface area (Å²) in [5, 5.41) is 20.9. The van der Waals surface area contributed by atoms with Crippen molar-refractivity contribution in [3.05, 3.63) is 69.2 Å². The van der Waals surface area contributed by atoms with Crippen molar-refractivity contribution in [3.63, 3.8) is 0 Å². The maximum absolute atomic E-state index is 13.2. The monoisotopic (exact) mass is 512 g/mol. The number of ether oxygens (including phenoxy) is 1. The third-order valence-corrected chi connectivity index (χ3v) is 7.45. The molecule has 2 aliphatic heterocycles. The van der Waals surface area contributed by atoms with E-state index >= 15 is 0 Å².